The summed E-state index contributed by atoms with van der Waals surface area (Å²) in [6.07, 6.45) is -0.0714. The highest BCUT2D eigenvalue weighted by atomic mass is 16.5. The number of benzene rings is 1. The topological polar surface area (TPSA) is 55.6 Å². The summed E-state index contributed by atoms with van der Waals surface area (Å²) < 4.78 is 5.88. The van der Waals surface area contributed by atoms with Gasteiger partial charge in [-0.2, -0.15) is 0 Å². The Hall–Kier alpha value is -1.39. The number of morpholine rings is 1. The molecule has 0 aliphatic carbocycles. The van der Waals surface area contributed by atoms with Crippen LogP contribution in [0.3, 0.4) is 0 Å². The van der Waals surface area contributed by atoms with Gasteiger partial charge in [-0.15, -0.1) is 0 Å². The normalized spacial score (nSPS) is 28.2. The lowest BCUT2D eigenvalue weighted by molar-refractivity contribution is -0.151. The van der Waals surface area contributed by atoms with Crippen LogP contribution in [0.2, 0.25) is 0 Å². The molecule has 4 nitrogen and oxygen atoms in total. The Kier molecular flexibility index (Phi) is 3.99. The summed E-state index contributed by atoms with van der Waals surface area (Å²) >= 11 is 0. The van der Waals surface area contributed by atoms with Crippen molar-refractivity contribution in [3.8, 4) is 0 Å². The average Bonchev–Trinajstić information content (AvgIpc) is 2.39. The van der Waals surface area contributed by atoms with Crippen molar-refractivity contribution in [2.75, 3.05) is 13.2 Å². The molecule has 1 amide bonds. The van der Waals surface area contributed by atoms with Crippen LogP contribution < -0.4 is 5.73 Å². The van der Waals surface area contributed by atoms with E-state index in [-0.39, 0.29) is 30.6 Å². The van der Waals surface area contributed by atoms with E-state index >= 15 is 0 Å². The summed E-state index contributed by atoms with van der Waals surface area (Å²) in [5.41, 5.74) is 6.58. The van der Waals surface area contributed by atoms with Crippen LogP contribution in [-0.4, -0.2) is 36.0 Å². The standard InChI is InChI=1S/C14H20N2O2/c1-10-9-18-14(12-6-4-3-5-7-12)11(2)16(10)13(17)8-15/h3-7,10-11,14H,8-9,15H2,1-2H3/t10-,11-,14+/m1/s1. The van der Waals surface area contributed by atoms with Gasteiger partial charge in [0.15, 0.2) is 0 Å². The lowest BCUT2D eigenvalue weighted by atomic mass is 9.98. The van der Waals surface area contributed by atoms with Gasteiger partial charge in [0, 0.05) is 0 Å². The van der Waals surface area contributed by atoms with Crippen molar-refractivity contribution >= 4 is 5.91 Å². The quantitative estimate of drug-likeness (QED) is 0.859. The van der Waals surface area contributed by atoms with Crippen molar-refractivity contribution in [1.29, 1.82) is 0 Å². The molecule has 2 N–H and O–H groups in total. The Bertz CT molecular complexity index is 408. The zero-order valence-electron chi connectivity index (χ0n) is 10.9. The summed E-state index contributed by atoms with van der Waals surface area (Å²) in [5, 5.41) is 0. The number of nitrogens with zero attached hydrogens (tertiary/aromatic N) is 1. The van der Waals surface area contributed by atoms with E-state index in [4.69, 9.17) is 10.5 Å². The SMILES string of the molecule is C[C@@H]1CO[C@H](c2ccccc2)[C@@H](C)N1C(=O)CN. The van der Waals surface area contributed by atoms with Gasteiger partial charge in [0.2, 0.25) is 5.91 Å². The van der Waals surface area contributed by atoms with Gasteiger partial charge in [0.05, 0.1) is 25.2 Å². The molecule has 0 bridgehead atoms. The first kappa shape index (κ1) is 13.1. The predicted molar refractivity (Wildman–Crippen MR) is 70.0 cm³/mol. The van der Waals surface area contributed by atoms with Crippen molar-refractivity contribution in [2.45, 2.75) is 32.0 Å². The molecule has 18 heavy (non-hydrogen) atoms. The van der Waals surface area contributed by atoms with E-state index in [0.29, 0.717) is 6.61 Å². The minimum absolute atomic E-state index is 0.00667. The van der Waals surface area contributed by atoms with Gasteiger partial charge in [0.1, 0.15) is 6.10 Å². The predicted octanol–water partition coefficient (Wildman–Crippen LogP) is 1.32. The van der Waals surface area contributed by atoms with Crippen molar-refractivity contribution < 1.29 is 9.53 Å². The van der Waals surface area contributed by atoms with Gasteiger partial charge in [-0.05, 0) is 19.4 Å². The number of hydrogen-bond acceptors (Lipinski definition) is 3. The summed E-state index contributed by atoms with van der Waals surface area (Å²) in [6, 6.07) is 10.1. The zero-order valence-corrected chi connectivity index (χ0v) is 10.9. The minimum Gasteiger partial charge on any atom is -0.369 e. The highest BCUT2D eigenvalue weighted by Gasteiger charge is 2.36. The third-order valence-corrected chi connectivity index (χ3v) is 3.46. The number of carbonyl (C=O) groups excluding carboxylic acids is 1. The van der Waals surface area contributed by atoms with Crippen LogP contribution in [0.25, 0.3) is 0 Å². The zero-order chi connectivity index (χ0) is 13.1. The summed E-state index contributed by atoms with van der Waals surface area (Å²) in [4.78, 5) is 13.8. The van der Waals surface area contributed by atoms with Crippen LogP contribution in [-0.2, 0) is 9.53 Å². The van der Waals surface area contributed by atoms with Gasteiger partial charge >= 0.3 is 0 Å². The second kappa shape index (κ2) is 5.50. The van der Waals surface area contributed by atoms with E-state index in [1.54, 1.807) is 0 Å². The van der Waals surface area contributed by atoms with E-state index in [9.17, 15) is 4.79 Å². The molecule has 4 heteroatoms. The molecule has 0 aromatic heterocycles. The van der Waals surface area contributed by atoms with E-state index in [2.05, 4.69) is 0 Å². The van der Waals surface area contributed by atoms with E-state index in [1.807, 2.05) is 49.1 Å². The summed E-state index contributed by atoms with van der Waals surface area (Å²) in [6.45, 7) is 4.61. The maximum absolute atomic E-state index is 11.9. The smallest absolute Gasteiger partial charge is 0.236 e. The molecule has 0 unspecified atom stereocenters. The third kappa shape index (κ3) is 2.40. The van der Waals surface area contributed by atoms with E-state index in [1.165, 1.54) is 0 Å². The van der Waals surface area contributed by atoms with Gasteiger partial charge in [-0.3, -0.25) is 4.79 Å². The fraction of sp³-hybridized carbons (Fsp3) is 0.500. The number of nitrogens with two attached hydrogens (primary N) is 1. The molecular weight excluding hydrogens is 228 g/mol. The Labute approximate surface area is 108 Å². The Morgan fingerprint density at radius 2 is 2.06 bits per heavy atom. The highest BCUT2D eigenvalue weighted by Crippen LogP contribution is 2.30. The highest BCUT2D eigenvalue weighted by molar-refractivity contribution is 5.78. The molecule has 2 rings (SSSR count). The molecular formula is C14H20N2O2. The van der Waals surface area contributed by atoms with Crippen LogP contribution in [0.15, 0.2) is 30.3 Å². The van der Waals surface area contributed by atoms with Crippen LogP contribution in [0.5, 0.6) is 0 Å². The van der Waals surface area contributed by atoms with Crippen molar-refractivity contribution in [1.82, 2.24) is 4.90 Å². The molecule has 0 saturated carbocycles. The van der Waals surface area contributed by atoms with E-state index < -0.39 is 0 Å². The number of rotatable bonds is 2. The Morgan fingerprint density at radius 3 is 2.67 bits per heavy atom. The maximum Gasteiger partial charge on any atom is 0.236 e. The first-order valence-corrected chi connectivity index (χ1v) is 6.33. The van der Waals surface area contributed by atoms with Crippen molar-refractivity contribution in [3.05, 3.63) is 35.9 Å². The molecule has 1 fully saturated rings. The number of carbonyl (C=O) groups is 1. The third-order valence-electron chi connectivity index (χ3n) is 3.46. The molecule has 1 aromatic rings. The van der Waals surface area contributed by atoms with Crippen LogP contribution in [0.1, 0.15) is 25.5 Å². The van der Waals surface area contributed by atoms with Gasteiger partial charge in [0.25, 0.3) is 0 Å². The maximum atomic E-state index is 11.9. The molecule has 98 valence electrons. The second-order valence-corrected chi connectivity index (χ2v) is 4.76. The van der Waals surface area contributed by atoms with Crippen molar-refractivity contribution in [2.24, 2.45) is 5.73 Å². The van der Waals surface area contributed by atoms with Crippen molar-refractivity contribution in [3.63, 3.8) is 0 Å². The number of amides is 1. The fourth-order valence-corrected chi connectivity index (χ4v) is 2.61. The van der Waals surface area contributed by atoms with Crippen LogP contribution in [0.4, 0.5) is 0 Å². The largest absolute Gasteiger partial charge is 0.369 e. The molecule has 1 aromatic carbocycles. The van der Waals surface area contributed by atoms with Gasteiger partial charge in [-0.1, -0.05) is 30.3 Å². The lowest BCUT2D eigenvalue weighted by Gasteiger charge is -2.43. The Morgan fingerprint density at radius 1 is 1.39 bits per heavy atom. The van der Waals surface area contributed by atoms with Crippen LogP contribution >= 0.6 is 0 Å². The summed E-state index contributed by atoms with van der Waals surface area (Å²) in [5.74, 6) is -0.0146. The molecule has 1 aliphatic heterocycles. The number of hydrogen-bond donors (Lipinski definition) is 1. The molecule has 1 saturated heterocycles. The molecule has 1 heterocycles. The number of ether oxygens (including phenoxy) is 1. The van der Waals surface area contributed by atoms with Gasteiger partial charge in [-0.25, -0.2) is 0 Å². The fourth-order valence-electron chi connectivity index (χ4n) is 2.61. The monoisotopic (exact) mass is 248 g/mol. The molecule has 0 radical (unpaired) electrons. The second-order valence-electron chi connectivity index (χ2n) is 4.76. The average molecular weight is 248 g/mol. The minimum atomic E-state index is -0.0714. The first-order chi connectivity index (χ1) is 8.65. The first-order valence-electron chi connectivity index (χ1n) is 6.33. The lowest BCUT2D eigenvalue weighted by Crippen LogP contribution is -2.55. The molecule has 1 aliphatic rings. The van der Waals surface area contributed by atoms with E-state index in [0.717, 1.165) is 5.56 Å². The van der Waals surface area contributed by atoms with Gasteiger partial charge < -0.3 is 15.4 Å². The van der Waals surface area contributed by atoms with Crippen LogP contribution in [0, 0.1) is 0 Å². The molecule has 0 spiro atoms. The summed E-state index contributed by atoms with van der Waals surface area (Å²) in [7, 11) is 0. The Balaban J connectivity index is 2.22. The molecule has 3 atom stereocenters.